The van der Waals surface area contributed by atoms with Crippen molar-refractivity contribution < 1.29 is 22.9 Å². The molecule has 0 aliphatic carbocycles. The van der Waals surface area contributed by atoms with E-state index in [9.17, 15) is 28.1 Å². The van der Waals surface area contributed by atoms with E-state index in [0.29, 0.717) is 16.9 Å². The van der Waals surface area contributed by atoms with E-state index in [4.69, 9.17) is 0 Å². The van der Waals surface area contributed by atoms with Gasteiger partial charge in [0.1, 0.15) is 11.7 Å². The van der Waals surface area contributed by atoms with Crippen LogP contribution in [0.1, 0.15) is 12.5 Å². The van der Waals surface area contributed by atoms with E-state index in [1.165, 1.54) is 18.3 Å². The second-order valence-corrected chi connectivity index (χ2v) is 5.97. The number of carbonyl (C=O) groups is 1. The van der Waals surface area contributed by atoms with Crippen molar-refractivity contribution >= 4 is 28.6 Å². The van der Waals surface area contributed by atoms with Gasteiger partial charge in [0.15, 0.2) is 4.80 Å². The van der Waals surface area contributed by atoms with Crippen molar-refractivity contribution in [3.05, 3.63) is 50.3 Å². The first kappa shape index (κ1) is 18.6. The molecule has 1 aromatic heterocycles. The first-order chi connectivity index (χ1) is 11.6. The highest BCUT2D eigenvalue weighted by atomic mass is 32.1. The maximum absolute atomic E-state index is 12.7. The summed E-state index contributed by atoms with van der Waals surface area (Å²) in [7, 11) is 1.70. The molecule has 25 heavy (non-hydrogen) atoms. The number of aryl methyl sites for hydroxylation is 1. The largest absolute Gasteiger partial charge is 0.416 e. The molecule has 134 valence electrons. The Balaban J connectivity index is 2.29. The lowest BCUT2D eigenvalue weighted by Gasteiger charge is -2.13. The molecular formula is C14H13F3N4O3S. The molecule has 11 heteroatoms. The van der Waals surface area contributed by atoms with E-state index in [-0.39, 0.29) is 5.69 Å². The molecular weight excluding hydrogens is 361 g/mol. The number of nitro benzene ring substituents is 1. The third-order valence-electron chi connectivity index (χ3n) is 3.23. The number of alkyl halides is 3. The monoisotopic (exact) mass is 374 g/mol. The van der Waals surface area contributed by atoms with Gasteiger partial charge in [-0.2, -0.15) is 18.2 Å². The summed E-state index contributed by atoms with van der Waals surface area (Å²) < 4.78 is 39.7. The fourth-order valence-corrected chi connectivity index (χ4v) is 2.64. The van der Waals surface area contributed by atoms with E-state index in [1.807, 2.05) is 0 Å². The van der Waals surface area contributed by atoms with Gasteiger partial charge in [0.05, 0.1) is 10.5 Å². The Labute approximate surface area is 143 Å². The molecule has 0 spiro atoms. The van der Waals surface area contributed by atoms with E-state index in [2.05, 4.69) is 10.3 Å². The minimum atomic E-state index is -4.70. The quantitative estimate of drug-likeness (QED) is 0.658. The molecule has 1 unspecified atom stereocenters. The highest BCUT2D eigenvalue weighted by molar-refractivity contribution is 7.07. The van der Waals surface area contributed by atoms with Gasteiger partial charge in [0.25, 0.3) is 11.6 Å². The Morgan fingerprint density at radius 1 is 1.44 bits per heavy atom. The number of amides is 1. The molecule has 0 aliphatic heterocycles. The zero-order chi connectivity index (χ0) is 18.8. The van der Waals surface area contributed by atoms with Crippen LogP contribution in [0.3, 0.4) is 0 Å². The zero-order valence-corrected chi connectivity index (χ0v) is 13.9. The molecule has 2 rings (SSSR count). The van der Waals surface area contributed by atoms with Crippen LogP contribution in [0.4, 0.5) is 24.5 Å². The number of hydrogen-bond donors (Lipinski definition) is 1. The number of benzene rings is 1. The van der Waals surface area contributed by atoms with Gasteiger partial charge in [-0.3, -0.25) is 14.9 Å². The summed E-state index contributed by atoms with van der Waals surface area (Å²) in [6.45, 7) is 1.42. The van der Waals surface area contributed by atoms with Crippen LogP contribution in [0, 0.1) is 10.1 Å². The van der Waals surface area contributed by atoms with Crippen LogP contribution in [0.25, 0.3) is 0 Å². The predicted molar refractivity (Wildman–Crippen MR) is 85.0 cm³/mol. The SMILES string of the molecule is CC(Nc1ccc(C(F)(F)F)cc1[N+](=O)[O-])C(=O)N=c1sccn1C. The van der Waals surface area contributed by atoms with Crippen molar-refractivity contribution in [2.24, 2.45) is 12.0 Å². The Hall–Kier alpha value is -2.69. The summed E-state index contributed by atoms with van der Waals surface area (Å²) in [6.07, 6.45) is -3.00. The Morgan fingerprint density at radius 2 is 2.12 bits per heavy atom. The Bertz CT molecular complexity index is 873. The molecule has 1 heterocycles. The summed E-state index contributed by atoms with van der Waals surface area (Å²) in [5.74, 6) is -0.604. The molecule has 0 radical (unpaired) electrons. The van der Waals surface area contributed by atoms with Gasteiger partial charge in [-0.25, -0.2) is 0 Å². The lowest BCUT2D eigenvalue weighted by molar-refractivity contribution is -0.384. The minimum Gasteiger partial charge on any atom is -0.368 e. The molecule has 1 N–H and O–H groups in total. The van der Waals surface area contributed by atoms with Crippen molar-refractivity contribution in [2.75, 3.05) is 5.32 Å². The lowest BCUT2D eigenvalue weighted by Crippen LogP contribution is -2.27. The van der Waals surface area contributed by atoms with Gasteiger partial charge in [-0.05, 0) is 19.1 Å². The summed E-state index contributed by atoms with van der Waals surface area (Å²) in [4.78, 5) is 26.5. The average Bonchev–Trinajstić information content (AvgIpc) is 2.91. The maximum Gasteiger partial charge on any atom is 0.416 e. The number of rotatable bonds is 4. The standard InChI is InChI=1S/C14H13F3N4O3S/c1-8(12(22)19-13-20(2)5-6-25-13)18-10-4-3-9(14(15,16)17)7-11(10)21(23)24/h3-8,18H,1-2H3. The maximum atomic E-state index is 12.7. The predicted octanol–water partition coefficient (Wildman–Crippen LogP) is 2.94. The summed E-state index contributed by atoms with van der Waals surface area (Å²) in [5, 5.41) is 15.3. The third kappa shape index (κ3) is 4.44. The number of nitrogens with zero attached hydrogens (tertiary/aromatic N) is 3. The number of carbonyl (C=O) groups excluding carboxylic acids is 1. The number of nitrogens with one attached hydrogen (secondary N) is 1. The molecule has 0 fully saturated rings. The second kappa shape index (κ2) is 7.05. The van der Waals surface area contributed by atoms with Crippen LogP contribution < -0.4 is 10.1 Å². The van der Waals surface area contributed by atoms with Gasteiger partial charge >= 0.3 is 6.18 Å². The van der Waals surface area contributed by atoms with Crippen LogP contribution in [0.2, 0.25) is 0 Å². The molecule has 1 atom stereocenters. The summed E-state index contributed by atoms with van der Waals surface area (Å²) >= 11 is 1.23. The molecule has 0 bridgehead atoms. The normalized spacial score (nSPS) is 13.6. The summed E-state index contributed by atoms with van der Waals surface area (Å²) in [6, 6.07) is 1.10. The van der Waals surface area contributed by atoms with Crippen LogP contribution in [0.15, 0.2) is 34.8 Å². The molecule has 1 aromatic carbocycles. The first-order valence-corrected chi connectivity index (χ1v) is 7.78. The average molecular weight is 374 g/mol. The third-order valence-corrected chi connectivity index (χ3v) is 4.08. The second-order valence-electron chi connectivity index (χ2n) is 5.10. The molecule has 0 saturated heterocycles. The number of hydrogen-bond acceptors (Lipinski definition) is 5. The van der Waals surface area contributed by atoms with E-state index in [1.54, 1.807) is 23.2 Å². The van der Waals surface area contributed by atoms with E-state index in [0.717, 1.165) is 6.07 Å². The van der Waals surface area contributed by atoms with Gasteiger partial charge in [-0.1, -0.05) is 0 Å². The van der Waals surface area contributed by atoms with Crippen LogP contribution in [-0.4, -0.2) is 21.4 Å². The number of thiazole rings is 1. The van der Waals surface area contributed by atoms with Crippen molar-refractivity contribution in [2.45, 2.75) is 19.1 Å². The molecule has 7 nitrogen and oxygen atoms in total. The fourth-order valence-electron chi connectivity index (χ4n) is 1.90. The topological polar surface area (TPSA) is 89.5 Å². The lowest BCUT2D eigenvalue weighted by atomic mass is 10.1. The van der Waals surface area contributed by atoms with Crippen LogP contribution >= 0.6 is 11.3 Å². The highest BCUT2D eigenvalue weighted by Gasteiger charge is 2.33. The number of nitro groups is 1. The molecule has 2 aromatic rings. The Morgan fingerprint density at radius 3 is 2.64 bits per heavy atom. The minimum absolute atomic E-state index is 0.190. The number of anilines is 1. The Kier molecular flexibility index (Phi) is 5.26. The van der Waals surface area contributed by atoms with Crippen LogP contribution in [0.5, 0.6) is 0 Å². The van der Waals surface area contributed by atoms with Gasteiger partial charge < -0.3 is 9.88 Å². The van der Waals surface area contributed by atoms with E-state index >= 15 is 0 Å². The van der Waals surface area contributed by atoms with Crippen LogP contribution in [-0.2, 0) is 18.0 Å². The van der Waals surface area contributed by atoms with Gasteiger partial charge in [-0.15, -0.1) is 11.3 Å². The van der Waals surface area contributed by atoms with Crippen molar-refractivity contribution in [1.29, 1.82) is 0 Å². The van der Waals surface area contributed by atoms with Gasteiger partial charge in [0.2, 0.25) is 0 Å². The number of halogens is 3. The summed E-state index contributed by atoms with van der Waals surface area (Å²) in [5.41, 5.74) is -2.10. The molecule has 0 saturated carbocycles. The molecule has 1 amide bonds. The van der Waals surface area contributed by atoms with Crippen molar-refractivity contribution in [1.82, 2.24) is 4.57 Å². The number of aromatic nitrogens is 1. The van der Waals surface area contributed by atoms with Crippen molar-refractivity contribution in [3.63, 3.8) is 0 Å². The zero-order valence-electron chi connectivity index (χ0n) is 13.1. The van der Waals surface area contributed by atoms with Gasteiger partial charge in [0, 0.05) is 24.7 Å². The highest BCUT2D eigenvalue weighted by Crippen LogP contribution is 2.35. The smallest absolute Gasteiger partial charge is 0.368 e. The fraction of sp³-hybridized carbons (Fsp3) is 0.286. The molecule has 0 aliphatic rings. The van der Waals surface area contributed by atoms with Crippen molar-refractivity contribution in [3.8, 4) is 0 Å². The first-order valence-electron chi connectivity index (χ1n) is 6.90. The van der Waals surface area contributed by atoms with E-state index < -0.39 is 34.3 Å².